The molecule has 1 heterocycles. The molecule has 118 valence electrons. The molecule has 0 radical (unpaired) electrons. The summed E-state index contributed by atoms with van der Waals surface area (Å²) in [5.74, 6) is 1.82. The second-order valence-corrected chi connectivity index (χ2v) is 6.23. The smallest absolute Gasteiger partial charge is 0.136 e. The lowest BCUT2D eigenvalue weighted by Gasteiger charge is -2.12. The Labute approximate surface area is 146 Å². The number of fused-ring (bicyclic) bond motifs is 3. The summed E-state index contributed by atoms with van der Waals surface area (Å²) in [6, 6.07) is 33.6. The SMILES string of the molecule is c1ccc(-c2cc(-c3ccccc3)c3c4ccccc4cc-3o2)cc1. The summed E-state index contributed by atoms with van der Waals surface area (Å²) in [6.07, 6.45) is 0. The van der Waals surface area contributed by atoms with Gasteiger partial charge in [0.2, 0.25) is 0 Å². The Morgan fingerprint density at radius 1 is 0.520 bits per heavy atom. The van der Waals surface area contributed by atoms with Crippen LogP contribution in [-0.2, 0) is 0 Å². The fourth-order valence-corrected chi connectivity index (χ4v) is 3.50. The van der Waals surface area contributed by atoms with Crippen LogP contribution >= 0.6 is 0 Å². The highest BCUT2D eigenvalue weighted by Gasteiger charge is 2.19. The molecule has 1 nitrogen and oxygen atoms in total. The molecular weight excluding hydrogens is 304 g/mol. The number of benzene rings is 3. The van der Waals surface area contributed by atoms with Crippen LogP contribution in [0.5, 0.6) is 0 Å². The van der Waals surface area contributed by atoms with E-state index < -0.39 is 0 Å². The third-order valence-electron chi connectivity index (χ3n) is 4.67. The van der Waals surface area contributed by atoms with Crippen molar-refractivity contribution in [1.29, 1.82) is 0 Å². The standard InChI is InChI=1S/C24H16O/c1-3-9-17(10-4-1)21-16-22(18-11-5-2-6-12-18)25-23-15-19-13-7-8-14-20(19)24(21)23/h1-16H. The van der Waals surface area contributed by atoms with Crippen molar-refractivity contribution in [2.45, 2.75) is 0 Å². The van der Waals surface area contributed by atoms with E-state index in [-0.39, 0.29) is 0 Å². The van der Waals surface area contributed by atoms with Crippen LogP contribution in [0.15, 0.2) is 101 Å². The molecule has 1 heteroatoms. The van der Waals surface area contributed by atoms with Gasteiger partial charge in [0.15, 0.2) is 0 Å². The van der Waals surface area contributed by atoms with Gasteiger partial charge in [-0.05, 0) is 34.0 Å². The minimum atomic E-state index is 0.891. The monoisotopic (exact) mass is 320 g/mol. The zero-order chi connectivity index (χ0) is 16.6. The van der Waals surface area contributed by atoms with Crippen molar-refractivity contribution in [2.75, 3.05) is 0 Å². The van der Waals surface area contributed by atoms with Crippen molar-refractivity contribution in [1.82, 2.24) is 0 Å². The molecule has 3 aromatic carbocycles. The quantitative estimate of drug-likeness (QED) is 0.346. The fraction of sp³-hybridized carbons (Fsp3) is 0. The van der Waals surface area contributed by atoms with Crippen molar-refractivity contribution >= 4 is 10.8 Å². The van der Waals surface area contributed by atoms with E-state index in [4.69, 9.17) is 4.42 Å². The molecule has 1 aliphatic carbocycles. The van der Waals surface area contributed by atoms with Gasteiger partial charge in [-0.1, -0.05) is 84.9 Å². The Balaban J connectivity index is 1.88. The van der Waals surface area contributed by atoms with Gasteiger partial charge >= 0.3 is 0 Å². The van der Waals surface area contributed by atoms with E-state index in [0.717, 1.165) is 17.1 Å². The zero-order valence-corrected chi connectivity index (χ0v) is 13.6. The van der Waals surface area contributed by atoms with Crippen molar-refractivity contribution in [3.05, 3.63) is 97.1 Å². The molecule has 0 saturated heterocycles. The van der Waals surface area contributed by atoms with Crippen molar-refractivity contribution in [3.8, 4) is 33.8 Å². The molecule has 5 rings (SSSR count). The minimum Gasteiger partial charge on any atom is -0.456 e. The normalized spacial score (nSPS) is 11.2. The molecule has 0 fully saturated rings. The van der Waals surface area contributed by atoms with E-state index in [1.165, 1.54) is 27.5 Å². The van der Waals surface area contributed by atoms with Crippen LogP contribution in [0, 0.1) is 0 Å². The summed E-state index contributed by atoms with van der Waals surface area (Å²) in [4.78, 5) is 0. The van der Waals surface area contributed by atoms with Gasteiger partial charge in [0.25, 0.3) is 0 Å². The molecule has 1 aliphatic heterocycles. The molecule has 0 N–H and O–H groups in total. The third kappa shape index (κ3) is 2.33. The fourth-order valence-electron chi connectivity index (χ4n) is 3.50. The number of hydrogen-bond acceptors (Lipinski definition) is 1. The number of rotatable bonds is 2. The first-order chi connectivity index (χ1) is 12.4. The Hall–Kier alpha value is -3.32. The maximum absolute atomic E-state index is 6.29. The van der Waals surface area contributed by atoms with Crippen LogP contribution < -0.4 is 0 Å². The second kappa shape index (κ2) is 5.64. The van der Waals surface area contributed by atoms with Crippen molar-refractivity contribution in [3.63, 3.8) is 0 Å². The Bertz CT molecular complexity index is 1120. The van der Waals surface area contributed by atoms with E-state index >= 15 is 0 Å². The first-order valence-corrected chi connectivity index (χ1v) is 8.46. The third-order valence-corrected chi connectivity index (χ3v) is 4.67. The van der Waals surface area contributed by atoms with Crippen LogP contribution in [0.4, 0.5) is 0 Å². The van der Waals surface area contributed by atoms with E-state index in [1.807, 2.05) is 18.2 Å². The highest BCUT2D eigenvalue weighted by molar-refractivity contribution is 6.06. The van der Waals surface area contributed by atoms with E-state index in [2.05, 4.69) is 78.9 Å². The lowest BCUT2D eigenvalue weighted by Crippen LogP contribution is -1.87. The van der Waals surface area contributed by atoms with E-state index in [0.29, 0.717) is 0 Å². The molecule has 2 aliphatic rings. The summed E-state index contributed by atoms with van der Waals surface area (Å²) in [5.41, 5.74) is 4.69. The molecular formula is C24H16O. The Morgan fingerprint density at radius 3 is 1.92 bits per heavy atom. The molecule has 0 aromatic heterocycles. The first kappa shape index (κ1) is 14.1. The van der Waals surface area contributed by atoms with Gasteiger partial charge < -0.3 is 4.42 Å². The molecule has 3 aromatic rings. The van der Waals surface area contributed by atoms with Crippen LogP contribution in [-0.4, -0.2) is 0 Å². The van der Waals surface area contributed by atoms with Gasteiger partial charge in [-0.25, -0.2) is 0 Å². The van der Waals surface area contributed by atoms with Crippen LogP contribution in [0.3, 0.4) is 0 Å². The summed E-state index contributed by atoms with van der Waals surface area (Å²) < 4.78 is 6.29. The van der Waals surface area contributed by atoms with Crippen molar-refractivity contribution in [2.24, 2.45) is 0 Å². The van der Waals surface area contributed by atoms with Gasteiger partial charge in [0.05, 0.1) is 0 Å². The summed E-state index contributed by atoms with van der Waals surface area (Å²) >= 11 is 0. The molecule has 0 bridgehead atoms. The maximum Gasteiger partial charge on any atom is 0.136 e. The van der Waals surface area contributed by atoms with Gasteiger partial charge in [0.1, 0.15) is 11.5 Å². The van der Waals surface area contributed by atoms with E-state index in [1.54, 1.807) is 0 Å². The van der Waals surface area contributed by atoms with Gasteiger partial charge in [-0.2, -0.15) is 0 Å². The van der Waals surface area contributed by atoms with E-state index in [9.17, 15) is 0 Å². The van der Waals surface area contributed by atoms with Gasteiger partial charge in [0, 0.05) is 11.1 Å². The molecule has 0 spiro atoms. The summed E-state index contributed by atoms with van der Waals surface area (Å²) in [6.45, 7) is 0. The van der Waals surface area contributed by atoms with Gasteiger partial charge in [-0.15, -0.1) is 0 Å². The summed E-state index contributed by atoms with van der Waals surface area (Å²) in [7, 11) is 0. The molecule has 0 unspecified atom stereocenters. The predicted octanol–water partition coefficient (Wildman–Crippen LogP) is 6.87. The topological polar surface area (TPSA) is 13.1 Å². The maximum atomic E-state index is 6.29. The molecule has 0 saturated carbocycles. The lowest BCUT2D eigenvalue weighted by molar-refractivity contribution is 0.584. The second-order valence-electron chi connectivity index (χ2n) is 6.23. The summed E-state index contributed by atoms with van der Waals surface area (Å²) in [5, 5.41) is 2.45. The molecule has 0 amide bonds. The van der Waals surface area contributed by atoms with Crippen LogP contribution in [0.1, 0.15) is 0 Å². The molecule has 25 heavy (non-hydrogen) atoms. The Morgan fingerprint density at radius 2 is 1.16 bits per heavy atom. The minimum absolute atomic E-state index is 0.891. The predicted molar refractivity (Wildman–Crippen MR) is 104 cm³/mol. The average Bonchev–Trinajstić information content (AvgIpc) is 3.07. The van der Waals surface area contributed by atoms with Crippen LogP contribution in [0.25, 0.3) is 44.5 Å². The lowest BCUT2D eigenvalue weighted by atomic mass is 9.97. The largest absolute Gasteiger partial charge is 0.456 e. The average molecular weight is 320 g/mol. The Kier molecular flexibility index (Phi) is 3.17. The van der Waals surface area contributed by atoms with Crippen molar-refractivity contribution < 1.29 is 4.42 Å². The zero-order valence-electron chi connectivity index (χ0n) is 13.6. The highest BCUT2D eigenvalue weighted by atomic mass is 16.3. The van der Waals surface area contributed by atoms with Gasteiger partial charge in [-0.3, -0.25) is 0 Å². The molecule has 0 atom stereocenters. The van der Waals surface area contributed by atoms with Crippen LogP contribution in [0.2, 0.25) is 0 Å². The highest BCUT2D eigenvalue weighted by Crippen LogP contribution is 2.44. The number of hydrogen-bond donors (Lipinski definition) is 0. The first-order valence-electron chi connectivity index (χ1n) is 8.46.